The molecule has 6 heteroatoms. The van der Waals surface area contributed by atoms with Crippen molar-refractivity contribution in [2.45, 2.75) is 12.5 Å². The monoisotopic (exact) mass is 215 g/mol. The average Bonchev–Trinajstić information content (AvgIpc) is 2.13. The highest BCUT2D eigenvalue weighted by Gasteiger charge is 2.16. The van der Waals surface area contributed by atoms with Crippen LogP contribution >= 0.6 is 0 Å². The van der Waals surface area contributed by atoms with Crippen molar-refractivity contribution in [2.24, 2.45) is 5.73 Å². The molecule has 0 aromatic heterocycles. The van der Waals surface area contributed by atoms with Gasteiger partial charge in [-0.3, -0.25) is 4.79 Å². The SMILES string of the molecule is N[C@H](Cc1cc(O)c(O)cc1F)C(=O)O. The number of aromatic hydroxyl groups is 2. The minimum Gasteiger partial charge on any atom is -0.504 e. The molecule has 0 amide bonds. The molecule has 0 saturated heterocycles. The van der Waals surface area contributed by atoms with E-state index < -0.39 is 29.3 Å². The molecule has 15 heavy (non-hydrogen) atoms. The number of carboxylic acid groups (broad SMARTS) is 1. The lowest BCUT2D eigenvalue weighted by Crippen LogP contribution is -2.32. The Bertz CT molecular complexity index is 394. The lowest BCUT2D eigenvalue weighted by atomic mass is 10.1. The molecule has 0 aliphatic rings. The Kier molecular flexibility index (Phi) is 3.11. The summed E-state index contributed by atoms with van der Waals surface area (Å²) >= 11 is 0. The molecule has 1 atom stereocenters. The zero-order chi connectivity index (χ0) is 11.6. The van der Waals surface area contributed by atoms with Gasteiger partial charge in [-0.25, -0.2) is 4.39 Å². The normalized spacial score (nSPS) is 12.4. The van der Waals surface area contributed by atoms with Crippen LogP contribution in [0.2, 0.25) is 0 Å². The van der Waals surface area contributed by atoms with Crippen molar-refractivity contribution in [3.63, 3.8) is 0 Å². The van der Waals surface area contributed by atoms with Gasteiger partial charge < -0.3 is 21.1 Å². The first-order valence-electron chi connectivity index (χ1n) is 4.10. The fraction of sp³-hybridized carbons (Fsp3) is 0.222. The van der Waals surface area contributed by atoms with E-state index in [0.717, 1.165) is 6.07 Å². The van der Waals surface area contributed by atoms with E-state index in [9.17, 15) is 9.18 Å². The highest BCUT2D eigenvalue weighted by molar-refractivity contribution is 5.73. The Labute approximate surface area is 84.6 Å². The molecule has 0 bridgehead atoms. The number of carbonyl (C=O) groups is 1. The molecular formula is C9H10FNO4. The molecule has 0 heterocycles. The summed E-state index contributed by atoms with van der Waals surface area (Å²) in [4.78, 5) is 10.4. The molecule has 0 fully saturated rings. The van der Waals surface area contributed by atoms with Gasteiger partial charge in [0.25, 0.3) is 0 Å². The van der Waals surface area contributed by atoms with E-state index in [1.165, 1.54) is 0 Å². The number of benzene rings is 1. The first kappa shape index (κ1) is 11.3. The number of phenols is 2. The standard InChI is InChI=1S/C9H10FNO4/c10-5-3-8(13)7(12)2-4(5)1-6(11)9(14)15/h2-3,6,12-13H,1,11H2,(H,14,15)/t6-/m1/s1. The molecule has 1 aromatic rings. The molecule has 1 aromatic carbocycles. The van der Waals surface area contributed by atoms with Crippen LogP contribution in [0.15, 0.2) is 12.1 Å². The molecule has 0 unspecified atom stereocenters. The molecule has 5 N–H and O–H groups in total. The predicted octanol–water partition coefficient (Wildman–Crippen LogP) is 0.191. The maximum absolute atomic E-state index is 13.1. The Morgan fingerprint density at radius 3 is 2.47 bits per heavy atom. The predicted molar refractivity (Wildman–Crippen MR) is 49.0 cm³/mol. The zero-order valence-electron chi connectivity index (χ0n) is 7.64. The van der Waals surface area contributed by atoms with Gasteiger partial charge in [-0.2, -0.15) is 0 Å². The fourth-order valence-electron chi connectivity index (χ4n) is 1.08. The van der Waals surface area contributed by atoms with Gasteiger partial charge in [0, 0.05) is 12.5 Å². The van der Waals surface area contributed by atoms with Gasteiger partial charge >= 0.3 is 5.97 Å². The van der Waals surface area contributed by atoms with E-state index in [1.54, 1.807) is 0 Å². The molecule has 5 nitrogen and oxygen atoms in total. The van der Waals surface area contributed by atoms with Gasteiger partial charge in [-0.1, -0.05) is 0 Å². The second-order valence-corrected chi connectivity index (χ2v) is 3.08. The van der Waals surface area contributed by atoms with Crippen molar-refractivity contribution >= 4 is 5.97 Å². The number of aliphatic carboxylic acids is 1. The van der Waals surface area contributed by atoms with E-state index in [-0.39, 0.29) is 12.0 Å². The fourth-order valence-corrected chi connectivity index (χ4v) is 1.08. The largest absolute Gasteiger partial charge is 0.504 e. The number of rotatable bonds is 3. The summed E-state index contributed by atoms with van der Waals surface area (Å²) in [5.74, 6) is -3.17. The molecule has 0 aliphatic carbocycles. The smallest absolute Gasteiger partial charge is 0.320 e. The summed E-state index contributed by atoms with van der Waals surface area (Å²) in [6.45, 7) is 0. The number of nitrogens with two attached hydrogens (primary N) is 1. The third kappa shape index (κ3) is 2.57. The summed E-state index contributed by atoms with van der Waals surface area (Å²) in [6.07, 6.45) is -0.255. The number of hydrogen-bond acceptors (Lipinski definition) is 4. The van der Waals surface area contributed by atoms with Crippen LogP contribution in [0, 0.1) is 5.82 Å². The van der Waals surface area contributed by atoms with Crippen molar-refractivity contribution in [2.75, 3.05) is 0 Å². The third-order valence-corrected chi connectivity index (χ3v) is 1.90. The van der Waals surface area contributed by atoms with Crippen LogP contribution in [-0.4, -0.2) is 27.3 Å². The lowest BCUT2D eigenvalue weighted by Gasteiger charge is -2.08. The van der Waals surface area contributed by atoms with Crippen LogP contribution in [0.5, 0.6) is 11.5 Å². The molecular weight excluding hydrogens is 205 g/mol. The van der Waals surface area contributed by atoms with Crippen molar-refractivity contribution in [3.05, 3.63) is 23.5 Å². The van der Waals surface area contributed by atoms with Crippen molar-refractivity contribution < 1.29 is 24.5 Å². The first-order chi connectivity index (χ1) is 6.91. The van der Waals surface area contributed by atoms with Crippen LogP contribution in [0.3, 0.4) is 0 Å². The van der Waals surface area contributed by atoms with E-state index in [2.05, 4.69) is 0 Å². The van der Waals surface area contributed by atoms with Gasteiger partial charge in [0.15, 0.2) is 11.5 Å². The summed E-state index contributed by atoms with van der Waals surface area (Å²) in [6, 6.07) is 0.413. The van der Waals surface area contributed by atoms with Crippen LogP contribution in [-0.2, 0) is 11.2 Å². The van der Waals surface area contributed by atoms with Crippen molar-refractivity contribution in [1.29, 1.82) is 0 Å². The lowest BCUT2D eigenvalue weighted by molar-refractivity contribution is -0.138. The molecule has 82 valence electrons. The summed E-state index contributed by atoms with van der Waals surface area (Å²) in [5, 5.41) is 26.5. The molecule has 1 rings (SSSR count). The van der Waals surface area contributed by atoms with E-state index in [1.807, 2.05) is 0 Å². The Morgan fingerprint density at radius 1 is 1.40 bits per heavy atom. The Morgan fingerprint density at radius 2 is 1.93 bits per heavy atom. The first-order valence-corrected chi connectivity index (χ1v) is 4.10. The quantitative estimate of drug-likeness (QED) is 0.539. The highest BCUT2D eigenvalue weighted by Crippen LogP contribution is 2.27. The number of phenolic OH excluding ortho intramolecular Hbond substituents is 2. The van der Waals surface area contributed by atoms with Crippen molar-refractivity contribution in [3.8, 4) is 11.5 Å². The van der Waals surface area contributed by atoms with Crippen LogP contribution in [0.4, 0.5) is 4.39 Å². The number of hydrogen-bond donors (Lipinski definition) is 4. The maximum atomic E-state index is 13.1. The van der Waals surface area contributed by atoms with E-state index in [0.29, 0.717) is 6.07 Å². The highest BCUT2D eigenvalue weighted by atomic mass is 19.1. The van der Waals surface area contributed by atoms with Gasteiger partial charge in [0.05, 0.1) is 0 Å². The van der Waals surface area contributed by atoms with Crippen molar-refractivity contribution in [1.82, 2.24) is 0 Å². The molecule has 0 saturated carbocycles. The van der Waals surface area contributed by atoms with Crippen LogP contribution in [0.25, 0.3) is 0 Å². The Hall–Kier alpha value is -1.82. The second kappa shape index (κ2) is 4.14. The summed E-state index contributed by atoms with van der Waals surface area (Å²) < 4.78 is 13.1. The van der Waals surface area contributed by atoms with Gasteiger partial charge in [-0.15, -0.1) is 0 Å². The molecule has 0 radical (unpaired) electrons. The molecule has 0 spiro atoms. The van der Waals surface area contributed by atoms with Crippen LogP contribution < -0.4 is 5.73 Å². The summed E-state index contributed by atoms with van der Waals surface area (Å²) in [7, 11) is 0. The van der Waals surface area contributed by atoms with Gasteiger partial charge in [0.1, 0.15) is 11.9 Å². The topological polar surface area (TPSA) is 104 Å². The third-order valence-electron chi connectivity index (χ3n) is 1.90. The van der Waals surface area contributed by atoms with E-state index >= 15 is 0 Å². The Balaban J connectivity index is 2.95. The number of halogens is 1. The maximum Gasteiger partial charge on any atom is 0.320 e. The van der Waals surface area contributed by atoms with Gasteiger partial charge in [-0.05, 0) is 11.6 Å². The van der Waals surface area contributed by atoms with Gasteiger partial charge in [0.2, 0.25) is 0 Å². The average molecular weight is 215 g/mol. The molecule has 0 aliphatic heterocycles. The van der Waals surface area contributed by atoms with Crippen LogP contribution in [0.1, 0.15) is 5.56 Å². The zero-order valence-corrected chi connectivity index (χ0v) is 7.64. The minimum atomic E-state index is -1.26. The second-order valence-electron chi connectivity index (χ2n) is 3.08. The summed E-state index contributed by atoms with van der Waals surface area (Å²) in [5.41, 5.74) is 5.14. The number of carboxylic acids is 1. The minimum absolute atomic E-state index is 0.0554. The van der Waals surface area contributed by atoms with E-state index in [4.69, 9.17) is 21.1 Å².